The minimum Gasteiger partial charge on any atom is -0.480 e. The molecule has 0 aliphatic heterocycles. The normalized spacial score (nSPS) is 10.3. The summed E-state index contributed by atoms with van der Waals surface area (Å²) in [6, 6.07) is 12.4. The Labute approximate surface area is 173 Å². The zero-order valence-corrected chi connectivity index (χ0v) is 17.2. The highest BCUT2D eigenvalue weighted by atomic mass is 79.9. The highest BCUT2D eigenvalue weighted by Crippen LogP contribution is 2.22. The lowest BCUT2D eigenvalue weighted by Crippen LogP contribution is -2.24. The van der Waals surface area contributed by atoms with Crippen molar-refractivity contribution in [2.45, 2.75) is 6.42 Å². The summed E-state index contributed by atoms with van der Waals surface area (Å²) in [4.78, 5) is 23.8. The SMILES string of the molecule is C#CCOc1ccc(Br)cc1C=NNC(=O)CC(=O)Nc1ccccc1Br. The lowest BCUT2D eigenvalue weighted by Gasteiger charge is -2.07. The van der Waals surface area contributed by atoms with Crippen molar-refractivity contribution in [1.82, 2.24) is 5.43 Å². The zero-order chi connectivity index (χ0) is 19.6. The van der Waals surface area contributed by atoms with Crippen LogP contribution in [-0.2, 0) is 9.59 Å². The van der Waals surface area contributed by atoms with Crippen molar-refractivity contribution in [3.05, 3.63) is 57.0 Å². The van der Waals surface area contributed by atoms with Gasteiger partial charge in [0.2, 0.25) is 11.8 Å². The number of hydrogen-bond donors (Lipinski definition) is 2. The number of carbonyl (C=O) groups excluding carboxylic acids is 2. The molecule has 2 N–H and O–H groups in total. The fourth-order valence-corrected chi connectivity index (χ4v) is 2.75. The van der Waals surface area contributed by atoms with Crippen LogP contribution in [0.4, 0.5) is 5.69 Å². The molecule has 0 saturated carbocycles. The van der Waals surface area contributed by atoms with Gasteiger partial charge in [0.15, 0.2) is 0 Å². The predicted molar refractivity (Wildman–Crippen MR) is 112 cm³/mol. The molecule has 2 aromatic rings. The number of nitrogens with one attached hydrogen (secondary N) is 2. The molecule has 0 spiro atoms. The molecule has 0 atom stereocenters. The molecule has 0 fully saturated rings. The molecule has 27 heavy (non-hydrogen) atoms. The topological polar surface area (TPSA) is 79.8 Å². The first-order chi connectivity index (χ1) is 13.0. The van der Waals surface area contributed by atoms with Gasteiger partial charge in [-0.3, -0.25) is 9.59 Å². The predicted octanol–water partition coefficient (Wildman–Crippen LogP) is 3.70. The van der Waals surface area contributed by atoms with Gasteiger partial charge in [-0.15, -0.1) is 6.42 Å². The minimum atomic E-state index is -0.545. The smallest absolute Gasteiger partial charge is 0.249 e. The largest absolute Gasteiger partial charge is 0.480 e. The third kappa shape index (κ3) is 6.89. The Kier molecular flexibility index (Phi) is 8.04. The monoisotopic (exact) mass is 491 g/mol. The number of para-hydroxylation sites is 1. The molecule has 8 heteroatoms. The van der Waals surface area contributed by atoms with Crippen LogP contribution in [0.15, 0.2) is 56.5 Å². The van der Waals surface area contributed by atoms with Crippen LogP contribution in [0.3, 0.4) is 0 Å². The summed E-state index contributed by atoms with van der Waals surface area (Å²) in [5.74, 6) is 1.92. The van der Waals surface area contributed by atoms with E-state index < -0.39 is 11.8 Å². The van der Waals surface area contributed by atoms with E-state index in [-0.39, 0.29) is 13.0 Å². The molecular formula is C19H15Br2N3O3. The molecule has 138 valence electrons. The van der Waals surface area contributed by atoms with E-state index in [4.69, 9.17) is 11.2 Å². The maximum absolute atomic E-state index is 11.9. The van der Waals surface area contributed by atoms with Gasteiger partial charge in [-0.25, -0.2) is 5.43 Å². The second-order valence-electron chi connectivity index (χ2n) is 5.17. The molecule has 0 aliphatic carbocycles. The van der Waals surface area contributed by atoms with E-state index in [1.54, 1.807) is 36.4 Å². The Hall–Kier alpha value is -2.63. The first kappa shape index (κ1) is 20.7. The van der Waals surface area contributed by atoms with Crippen LogP contribution in [0.1, 0.15) is 12.0 Å². The Bertz CT molecular complexity index is 907. The number of carbonyl (C=O) groups is 2. The number of ether oxygens (including phenoxy) is 1. The van der Waals surface area contributed by atoms with Gasteiger partial charge in [-0.1, -0.05) is 34.0 Å². The van der Waals surface area contributed by atoms with Crippen LogP contribution in [0, 0.1) is 12.3 Å². The molecule has 6 nitrogen and oxygen atoms in total. The van der Waals surface area contributed by atoms with Crippen molar-refractivity contribution in [3.8, 4) is 18.1 Å². The summed E-state index contributed by atoms with van der Waals surface area (Å²) in [5, 5.41) is 6.51. The Morgan fingerprint density at radius 3 is 2.70 bits per heavy atom. The number of amides is 2. The third-order valence-electron chi connectivity index (χ3n) is 3.14. The average Bonchev–Trinajstić information content (AvgIpc) is 2.63. The fourth-order valence-electron chi connectivity index (χ4n) is 1.99. The van der Waals surface area contributed by atoms with Gasteiger partial charge in [-0.05, 0) is 46.3 Å². The van der Waals surface area contributed by atoms with Crippen molar-refractivity contribution < 1.29 is 14.3 Å². The molecule has 0 heterocycles. The molecule has 0 unspecified atom stereocenters. The second kappa shape index (κ2) is 10.5. The van der Waals surface area contributed by atoms with Crippen molar-refractivity contribution in [2.24, 2.45) is 5.10 Å². The van der Waals surface area contributed by atoms with E-state index in [1.807, 2.05) is 6.07 Å². The molecule has 2 rings (SSSR count). The number of nitrogens with zero attached hydrogens (tertiary/aromatic N) is 1. The number of rotatable bonds is 7. The third-order valence-corrected chi connectivity index (χ3v) is 4.33. The maximum Gasteiger partial charge on any atom is 0.249 e. The summed E-state index contributed by atoms with van der Waals surface area (Å²) in [7, 11) is 0. The number of anilines is 1. The van der Waals surface area contributed by atoms with Crippen LogP contribution in [0.2, 0.25) is 0 Å². The summed E-state index contributed by atoms with van der Waals surface area (Å²) >= 11 is 6.68. The Morgan fingerprint density at radius 1 is 1.19 bits per heavy atom. The fraction of sp³-hybridized carbons (Fsp3) is 0.105. The van der Waals surface area contributed by atoms with Gasteiger partial charge in [0.05, 0.1) is 11.9 Å². The number of hydrazone groups is 1. The van der Waals surface area contributed by atoms with E-state index >= 15 is 0 Å². The van der Waals surface area contributed by atoms with Crippen molar-refractivity contribution >= 4 is 55.6 Å². The molecule has 0 aromatic heterocycles. The molecule has 2 amide bonds. The molecule has 2 aromatic carbocycles. The molecule has 0 saturated heterocycles. The minimum absolute atomic E-state index is 0.115. The van der Waals surface area contributed by atoms with Gasteiger partial charge in [0.1, 0.15) is 18.8 Å². The molecule has 0 radical (unpaired) electrons. The van der Waals surface area contributed by atoms with Gasteiger partial charge in [-0.2, -0.15) is 5.10 Å². The molecule has 0 aliphatic rings. The van der Waals surface area contributed by atoms with Gasteiger partial charge < -0.3 is 10.1 Å². The van der Waals surface area contributed by atoms with E-state index in [0.717, 1.165) is 8.95 Å². The van der Waals surface area contributed by atoms with Crippen molar-refractivity contribution in [1.29, 1.82) is 0 Å². The van der Waals surface area contributed by atoms with Crippen LogP contribution in [0.25, 0.3) is 0 Å². The summed E-state index contributed by atoms with van der Waals surface area (Å²) in [5.41, 5.74) is 3.52. The lowest BCUT2D eigenvalue weighted by atomic mass is 10.2. The zero-order valence-electron chi connectivity index (χ0n) is 14.0. The van der Waals surface area contributed by atoms with Gasteiger partial charge >= 0.3 is 0 Å². The number of hydrogen-bond acceptors (Lipinski definition) is 4. The highest BCUT2D eigenvalue weighted by molar-refractivity contribution is 9.10. The Morgan fingerprint density at radius 2 is 1.96 bits per heavy atom. The number of terminal acetylenes is 1. The quantitative estimate of drug-likeness (QED) is 0.267. The number of halogens is 2. The summed E-state index contributed by atoms with van der Waals surface area (Å²) in [6.45, 7) is 0.115. The van der Waals surface area contributed by atoms with E-state index in [9.17, 15) is 9.59 Å². The summed E-state index contributed by atoms with van der Waals surface area (Å²) in [6.07, 6.45) is 6.24. The standard InChI is InChI=1S/C19H15Br2N3O3/c1-2-9-27-17-8-7-14(20)10-13(17)12-22-24-19(26)11-18(25)23-16-6-4-3-5-15(16)21/h1,3-8,10,12H,9,11H2,(H,23,25)(H,24,26). The lowest BCUT2D eigenvalue weighted by molar-refractivity contribution is -0.126. The molecule has 0 bridgehead atoms. The van der Waals surface area contributed by atoms with Gasteiger partial charge in [0.25, 0.3) is 0 Å². The van der Waals surface area contributed by atoms with Crippen molar-refractivity contribution in [3.63, 3.8) is 0 Å². The van der Waals surface area contributed by atoms with Crippen LogP contribution >= 0.6 is 31.9 Å². The first-order valence-corrected chi connectivity index (χ1v) is 9.30. The highest BCUT2D eigenvalue weighted by Gasteiger charge is 2.10. The Balaban J connectivity index is 1.91. The van der Waals surface area contributed by atoms with Crippen LogP contribution in [0.5, 0.6) is 5.75 Å². The van der Waals surface area contributed by atoms with E-state index in [0.29, 0.717) is 17.0 Å². The van der Waals surface area contributed by atoms with Crippen molar-refractivity contribution in [2.75, 3.05) is 11.9 Å². The van der Waals surface area contributed by atoms with E-state index in [1.165, 1.54) is 6.21 Å². The first-order valence-electron chi connectivity index (χ1n) is 7.71. The van der Waals surface area contributed by atoms with Crippen LogP contribution in [-0.4, -0.2) is 24.6 Å². The van der Waals surface area contributed by atoms with E-state index in [2.05, 4.69) is 53.6 Å². The number of benzene rings is 2. The van der Waals surface area contributed by atoms with Crippen LogP contribution < -0.4 is 15.5 Å². The maximum atomic E-state index is 11.9. The average molecular weight is 493 g/mol. The molecular weight excluding hydrogens is 478 g/mol. The van der Waals surface area contributed by atoms with Gasteiger partial charge in [0, 0.05) is 14.5 Å². The second-order valence-corrected chi connectivity index (χ2v) is 6.94. The summed E-state index contributed by atoms with van der Waals surface area (Å²) < 4.78 is 6.96.